The fourth-order valence-corrected chi connectivity index (χ4v) is 9.26. The average molecular weight is 1040 g/mol. The normalized spacial score (nSPS) is 37.2. The summed E-state index contributed by atoms with van der Waals surface area (Å²) in [6.45, 7) is 1.59. The second-order valence-electron chi connectivity index (χ2n) is 19.2. The van der Waals surface area contributed by atoms with Gasteiger partial charge in [-0.25, -0.2) is 4.68 Å². The highest BCUT2D eigenvalue weighted by molar-refractivity contribution is 6.00. The molecule has 20 atom stereocenters. The number of fused-ring (bicyclic) bond motifs is 5. The van der Waals surface area contributed by atoms with E-state index in [0.29, 0.717) is 29.1 Å². The monoisotopic (exact) mass is 1040 g/mol. The number of hydrogen-bond acceptors (Lipinski definition) is 24. The number of aliphatic hydroxyl groups excluding tert-OH is 13. The van der Waals surface area contributed by atoms with E-state index in [4.69, 9.17) is 37.9 Å². The van der Waals surface area contributed by atoms with Gasteiger partial charge in [-0.05, 0) is 24.0 Å². The lowest BCUT2D eigenvalue weighted by Crippen LogP contribution is -2.63. The molecule has 5 aliphatic rings. The summed E-state index contributed by atoms with van der Waals surface area (Å²) in [5.74, 6) is -0.180. The molecular formula is C47H66N4O22. The maximum absolute atomic E-state index is 13.8. The van der Waals surface area contributed by atoms with Crippen LogP contribution in [0.25, 0.3) is 22.5 Å². The Morgan fingerprint density at radius 1 is 0.630 bits per heavy atom. The molecule has 26 heteroatoms. The molecule has 1 aromatic heterocycles. The third-order valence-electron chi connectivity index (χ3n) is 13.8. The van der Waals surface area contributed by atoms with Crippen LogP contribution < -0.4 is 4.90 Å². The number of carbonyl (C=O) groups is 1. The quantitative estimate of drug-likeness (QED) is 0.0603. The van der Waals surface area contributed by atoms with E-state index in [9.17, 15) is 71.2 Å². The van der Waals surface area contributed by atoms with Gasteiger partial charge in [0.1, 0.15) is 97.3 Å². The number of aliphatic hydroxyl groups is 13. The van der Waals surface area contributed by atoms with Gasteiger partial charge in [-0.3, -0.25) is 4.79 Å². The minimum Gasteiger partial charge on any atom is -0.393 e. The predicted molar refractivity (Wildman–Crippen MR) is 244 cm³/mol. The van der Waals surface area contributed by atoms with Gasteiger partial charge in [0.05, 0.1) is 63.6 Å². The molecule has 4 saturated heterocycles. The van der Waals surface area contributed by atoms with Gasteiger partial charge in [-0.2, -0.15) is 0 Å². The molecule has 73 heavy (non-hydrogen) atoms. The zero-order valence-electron chi connectivity index (χ0n) is 39.9. The molecule has 1 unspecified atom stereocenters. The topological polar surface area (TPSA) is 388 Å². The lowest BCUT2D eigenvalue weighted by molar-refractivity contribution is -0.345. The number of benzene rings is 2. The first-order valence-electron chi connectivity index (χ1n) is 24.2. The van der Waals surface area contributed by atoms with Gasteiger partial charge in [0.25, 0.3) is 0 Å². The van der Waals surface area contributed by atoms with Crippen LogP contribution in [0.1, 0.15) is 32.3 Å². The lowest BCUT2D eigenvalue weighted by Gasteiger charge is -2.44. The molecule has 0 aliphatic carbocycles. The Morgan fingerprint density at radius 2 is 1.12 bits per heavy atom. The summed E-state index contributed by atoms with van der Waals surface area (Å²) in [5, 5.41) is 146. The molecular weight excluding hydrogens is 973 g/mol. The van der Waals surface area contributed by atoms with Crippen LogP contribution in [-0.2, 0) is 55.8 Å². The molecule has 1 amide bonds. The van der Waals surface area contributed by atoms with E-state index in [-0.39, 0.29) is 44.5 Å². The van der Waals surface area contributed by atoms with E-state index in [1.54, 1.807) is 9.58 Å². The Bertz CT molecular complexity index is 2280. The Morgan fingerprint density at radius 3 is 1.68 bits per heavy atom. The van der Waals surface area contributed by atoms with Crippen LogP contribution in [0.2, 0.25) is 0 Å². The van der Waals surface area contributed by atoms with Crippen molar-refractivity contribution in [2.24, 2.45) is 5.92 Å². The van der Waals surface area contributed by atoms with Crippen LogP contribution in [0, 0.1) is 5.92 Å². The standard InChI is InChI=1S/C47H66N4O22/c1-20(2)25(52)11-12-30(54)50-15-21-7-3-4-8-22(21)32-31(23-9-5-6-10-24(23)50)48-49-51(32)13-14-66-45-41(63)37(59)35(57)28(71-45)18-69-47-43(65)39(61)36(58)29(73-47)19-70-46-42(64)38(60)34(56)27(72-46)17-68-44-40(62)33(55)26(53)16-67-44/h3-10,20,25-29,33-47,52-53,55-65H,11-19H2,1-2H3/t25?,26-,27-,28-,29-,33+,34-,35-,36-,37+,38+,39+,40-,41-,42-,43-,44+,45-,46-,47-/m1/s1. The summed E-state index contributed by atoms with van der Waals surface area (Å²) in [4.78, 5) is 15.5. The molecule has 0 radical (unpaired) electrons. The average Bonchev–Trinajstić information content (AvgIpc) is 3.80. The van der Waals surface area contributed by atoms with Gasteiger partial charge < -0.3 is 109 Å². The molecule has 0 saturated carbocycles. The molecule has 2 aromatic carbocycles. The van der Waals surface area contributed by atoms with E-state index in [1.807, 2.05) is 62.4 Å². The predicted octanol–water partition coefficient (Wildman–Crippen LogP) is -4.82. The number of nitrogens with zero attached hydrogens (tertiary/aromatic N) is 4. The van der Waals surface area contributed by atoms with Crippen LogP contribution in [0.4, 0.5) is 5.69 Å². The van der Waals surface area contributed by atoms with Crippen molar-refractivity contribution in [1.82, 2.24) is 15.0 Å². The van der Waals surface area contributed by atoms with E-state index in [2.05, 4.69) is 10.3 Å². The largest absolute Gasteiger partial charge is 0.393 e. The van der Waals surface area contributed by atoms with Crippen LogP contribution >= 0.6 is 0 Å². The highest BCUT2D eigenvalue weighted by Crippen LogP contribution is 2.41. The smallest absolute Gasteiger partial charge is 0.227 e. The van der Waals surface area contributed by atoms with Crippen molar-refractivity contribution in [2.45, 2.75) is 163 Å². The summed E-state index contributed by atoms with van der Waals surface area (Å²) in [5.41, 5.74) is 3.90. The minimum atomic E-state index is -1.91. The Hall–Kier alpha value is -3.79. The van der Waals surface area contributed by atoms with Crippen molar-refractivity contribution in [3.05, 3.63) is 54.1 Å². The van der Waals surface area contributed by atoms with E-state index in [1.165, 1.54) is 0 Å². The summed E-state index contributed by atoms with van der Waals surface area (Å²) in [6.07, 6.45) is -32.2. The highest BCUT2D eigenvalue weighted by atomic mass is 16.8. The number of carbonyl (C=O) groups excluding carboxylic acids is 1. The minimum absolute atomic E-state index is 0.0119. The third-order valence-corrected chi connectivity index (χ3v) is 13.8. The SMILES string of the molecule is CC(C)C(O)CCC(=O)N1Cc2ccccc2-c2c(nnn2CCO[C@@H]2O[C@H](CO[C@@H]3O[C@H](CO[C@@H]4O[C@H](CO[C@@H]5OC[C@@H](O)[C@H](O)[C@H]5O)[C@@H](O)[C@H](O)[C@H]4O)[C@@H](O)[C@H](O)[C@H]3O)[C@@H](O)[C@H](O)[C@H]2O)-c2ccccc21. The molecule has 4 fully saturated rings. The molecule has 3 aromatic rings. The zero-order valence-corrected chi connectivity index (χ0v) is 39.9. The van der Waals surface area contributed by atoms with Crippen molar-refractivity contribution in [3.63, 3.8) is 0 Å². The van der Waals surface area contributed by atoms with Gasteiger partial charge in [0.15, 0.2) is 25.2 Å². The molecule has 0 bridgehead atoms. The molecule has 6 heterocycles. The van der Waals surface area contributed by atoms with E-state index >= 15 is 0 Å². The molecule has 26 nitrogen and oxygen atoms in total. The molecule has 13 N–H and O–H groups in total. The number of hydrogen-bond donors (Lipinski definition) is 13. The Kier molecular flexibility index (Phi) is 18.3. The van der Waals surface area contributed by atoms with E-state index < -0.39 is 143 Å². The van der Waals surface area contributed by atoms with Gasteiger partial charge in [0, 0.05) is 17.5 Å². The van der Waals surface area contributed by atoms with E-state index in [0.717, 1.165) is 11.1 Å². The zero-order chi connectivity index (χ0) is 52.4. The van der Waals surface area contributed by atoms with Gasteiger partial charge >= 0.3 is 0 Å². The number of amides is 1. The van der Waals surface area contributed by atoms with Crippen LogP contribution in [0.3, 0.4) is 0 Å². The second kappa shape index (κ2) is 24.0. The number of para-hydroxylation sites is 1. The fraction of sp³-hybridized carbons (Fsp3) is 0.681. The van der Waals surface area contributed by atoms with Gasteiger partial charge in [-0.15, -0.1) is 5.10 Å². The summed E-state index contributed by atoms with van der Waals surface area (Å²) in [7, 11) is 0. The highest BCUT2D eigenvalue weighted by Gasteiger charge is 2.50. The number of rotatable bonds is 17. The lowest BCUT2D eigenvalue weighted by atomic mass is 9.95. The summed E-state index contributed by atoms with van der Waals surface area (Å²) in [6, 6.07) is 14.8. The molecule has 8 rings (SSSR count). The van der Waals surface area contributed by atoms with Crippen molar-refractivity contribution < 1.29 is 109 Å². The number of ether oxygens (including phenoxy) is 8. The van der Waals surface area contributed by atoms with Crippen LogP contribution in [0.15, 0.2) is 48.5 Å². The first kappa shape index (κ1) is 55.4. The first-order valence-corrected chi connectivity index (χ1v) is 24.2. The van der Waals surface area contributed by atoms with Crippen molar-refractivity contribution in [3.8, 4) is 22.5 Å². The second-order valence-corrected chi connectivity index (χ2v) is 19.2. The van der Waals surface area contributed by atoms with Crippen molar-refractivity contribution in [1.29, 1.82) is 0 Å². The first-order chi connectivity index (χ1) is 34.9. The molecule has 0 spiro atoms. The number of aromatic nitrogens is 3. The van der Waals surface area contributed by atoms with Gasteiger partial charge in [0.2, 0.25) is 5.91 Å². The Labute approximate surface area is 418 Å². The van der Waals surface area contributed by atoms with Crippen LogP contribution in [0.5, 0.6) is 0 Å². The third kappa shape index (κ3) is 11.9. The van der Waals surface area contributed by atoms with Crippen molar-refractivity contribution >= 4 is 11.6 Å². The Balaban J connectivity index is 0.883. The molecule has 406 valence electrons. The van der Waals surface area contributed by atoms with Gasteiger partial charge in [-0.1, -0.05) is 61.5 Å². The summed E-state index contributed by atoms with van der Waals surface area (Å²) >= 11 is 0. The van der Waals surface area contributed by atoms with Crippen LogP contribution in [-0.4, -0.2) is 243 Å². The maximum Gasteiger partial charge on any atom is 0.227 e. The fourth-order valence-electron chi connectivity index (χ4n) is 9.26. The maximum atomic E-state index is 13.8. The van der Waals surface area contributed by atoms with Crippen molar-refractivity contribution in [2.75, 3.05) is 37.9 Å². The summed E-state index contributed by atoms with van der Waals surface area (Å²) < 4.78 is 46.6. The number of anilines is 1. The molecule has 5 aliphatic heterocycles.